The van der Waals surface area contributed by atoms with E-state index >= 15 is 0 Å². The second-order valence-corrected chi connectivity index (χ2v) is 14.2. The fourth-order valence-corrected chi connectivity index (χ4v) is 5.84. The molecular formula is C30H31Cl2F6IN8O3S2. The SMILES string of the molecule is CC(=O)SCCC(=O)Nc1cn(-c2cccnc2)nc1Cl.FC(F)(F)CCI.O=C(CCSCCC(F)(F)F)Nc1cn(-c2cccnc2)nc1Cl. The molecule has 0 saturated heterocycles. The first-order valence-electron chi connectivity index (χ1n) is 14.8. The van der Waals surface area contributed by atoms with Gasteiger partial charge < -0.3 is 10.6 Å². The van der Waals surface area contributed by atoms with Gasteiger partial charge in [-0.05, 0) is 24.3 Å². The van der Waals surface area contributed by atoms with Crippen molar-refractivity contribution >= 4 is 97.6 Å². The minimum Gasteiger partial charge on any atom is -0.322 e. The van der Waals surface area contributed by atoms with Gasteiger partial charge in [-0.2, -0.15) is 48.3 Å². The number of hydrogen-bond acceptors (Lipinski definition) is 9. The van der Waals surface area contributed by atoms with Crippen LogP contribution >= 0.6 is 69.3 Å². The number of hydrogen-bond donors (Lipinski definition) is 2. The number of pyridine rings is 2. The van der Waals surface area contributed by atoms with E-state index in [-0.39, 0.29) is 50.3 Å². The van der Waals surface area contributed by atoms with Gasteiger partial charge in [0.1, 0.15) is 0 Å². The Hall–Kier alpha value is -3.08. The number of aromatic nitrogens is 6. The monoisotopic (exact) mass is 926 g/mol. The van der Waals surface area contributed by atoms with E-state index in [1.165, 1.54) is 16.3 Å². The molecule has 4 aromatic rings. The van der Waals surface area contributed by atoms with E-state index in [1.54, 1.807) is 78.0 Å². The lowest BCUT2D eigenvalue weighted by atomic mass is 10.4. The van der Waals surface area contributed by atoms with Crippen LogP contribution in [0.3, 0.4) is 0 Å². The van der Waals surface area contributed by atoms with E-state index < -0.39 is 25.2 Å². The third-order valence-corrected chi connectivity index (χ3v) is 8.62. The molecule has 2 N–H and O–H groups in total. The highest BCUT2D eigenvalue weighted by molar-refractivity contribution is 14.1. The Labute approximate surface area is 326 Å². The number of carbonyl (C=O) groups is 3. The zero-order valence-corrected chi connectivity index (χ0v) is 32.4. The summed E-state index contributed by atoms with van der Waals surface area (Å²) in [5, 5.41) is 13.8. The first-order valence-corrected chi connectivity index (χ1v) is 19.2. The van der Waals surface area contributed by atoms with Crippen molar-refractivity contribution in [3.63, 3.8) is 0 Å². The molecule has 0 saturated carbocycles. The molecule has 0 radical (unpaired) electrons. The quantitative estimate of drug-likeness (QED) is 0.0584. The maximum atomic E-state index is 12.0. The zero-order chi connectivity index (χ0) is 38.7. The molecule has 0 fully saturated rings. The summed E-state index contributed by atoms with van der Waals surface area (Å²) in [5.41, 5.74) is 2.19. The fraction of sp³-hybridized carbons (Fsp3) is 0.367. The summed E-state index contributed by atoms with van der Waals surface area (Å²) in [4.78, 5) is 42.3. The summed E-state index contributed by atoms with van der Waals surface area (Å²) in [7, 11) is 0. The van der Waals surface area contributed by atoms with Crippen LogP contribution in [0, 0.1) is 0 Å². The van der Waals surface area contributed by atoms with Gasteiger partial charge in [-0.15, -0.1) is 0 Å². The van der Waals surface area contributed by atoms with Crippen molar-refractivity contribution in [3.05, 3.63) is 71.8 Å². The number of anilines is 2. The summed E-state index contributed by atoms with van der Waals surface area (Å²) in [6, 6.07) is 7.12. The number of carbonyl (C=O) groups excluding carboxylic acids is 3. The largest absolute Gasteiger partial charge is 0.389 e. The van der Waals surface area contributed by atoms with Gasteiger partial charge in [0, 0.05) is 53.8 Å². The second-order valence-electron chi connectivity index (χ2n) is 9.95. The molecule has 4 rings (SSSR count). The molecular weight excluding hydrogens is 896 g/mol. The smallest absolute Gasteiger partial charge is 0.322 e. The van der Waals surface area contributed by atoms with Gasteiger partial charge >= 0.3 is 12.4 Å². The van der Waals surface area contributed by atoms with E-state index in [0.29, 0.717) is 28.6 Å². The number of alkyl halides is 7. The lowest BCUT2D eigenvalue weighted by Crippen LogP contribution is -2.13. The highest BCUT2D eigenvalue weighted by Gasteiger charge is 2.26. The summed E-state index contributed by atoms with van der Waals surface area (Å²) in [5.74, 6) is 0.140. The molecule has 52 heavy (non-hydrogen) atoms. The first kappa shape index (κ1) is 45.1. The Bertz CT molecular complexity index is 1700. The van der Waals surface area contributed by atoms with E-state index in [9.17, 15) is 40.7 Å². The Morgan fingerprint density at radius 2 is 1.23 bits per heavy atom. The fourth-order valence-electron chi connectivity index (χ4n) is 3.39. The van der Waals surface area contributed by atoms with Gasteiger partial charge in [-0.3, -0.25) is 24.4 Å². The average Bonchev–Trinajstić information content (AvgIpc) is 3.62. The molecule has 0 atom stereocenters. The average molecular weight is 928 g/mol. The molecule has 0 unspecified atom stereocenters. The lowest BCUT2D eigenvalue weighted by molar-refractivity contribution is -0.130. The van der Waals surface area contributed by atoms with Crippen molar-refractivity contribution < 1.29 is 40.7 Å². The van der Waals surface area contributed by atoms with Crippen LogP contribution in [0.2, 0.25) is 10.3 Å². The van der Waals surface area contributed by atoms with Crippen molar-refractivity contribution in [2.75, 3.05) is 32.3 Å². The third kappa shape index (κ3) is 19.1. The van der Waals surface area contributed by atoms with Crippen molar-refractivity contribution in [1.82, 2.24) is 29.5 Å². The summed E-state index contributed by atoms with van der Waals surface area (Å²) in [6.45, 7) is 1.47. The van der Waals surface area contributed by atoms with Gasteiger partial charge in [0.05, 0.1) is 60.4 Å². The van der Waals surface area contributed by atoms with Crippen molar-refractivity contribution in [2.24, 2.45) is 0 Å². The number of nitrogens with zero attached hydrogens (tertiary/aromatic N) is 6. The molecule has 4 heterocycles. The van der Waals surface area contributed by atoms with E-state index in [4.69, 9.17) is 23.2 Å². The van der Waals surface area contributed by atoms with Crippen molar-refractivity contribution in [1.29, 1.82) is 0 Å². The predicted molar refractivity (Wildman–Crippen MR) is 200 cm³/mol. The van der Waals surface area contributed by atoms with Crippen LogP contribution in [-0.4, -0.2) is 80.5 Å². The third-order valence-electron chi connectivity index (χ3n) is 5.72. The minimum atomic E-state index is -4.16. The normalized spacial score (nSPS) is 11.1. The Morgan fingerprint density at radius 3 is 1.60 bits per heavy atom. The molecule has 0 aliphatic heterocycles. The number of amides is 2. The highest BCUT2D eigenvalue weighted by Crippen LogP contribution is 2.25. The molecule has 0 aromatic carbocycles. The molecule has 0 bridgehead atoms. The number of thioether (sulfide) groups is 2. The van der Waals surface area contributed by atoms with E-state index in [0.717, 1.165) is 29.2 Å². The van der Waals surface area contributed by atoms with Crippen LogP contribution in [0.1, 0.15) is 32.6 Å². The highest BCUT2D eigenvalue weighted by atomic mass is 127. The number of nitrogens with one attached hydrogen (secondary N) is 2. The zero-order valence-electron chi connectivity index (χ0n) is 27.1. The van der Waals surface area contributed by atoms with Crippen LogP contribution in [0.5, 0.6) is 0 Å². The topological polar surface area (TPSA) is 137 Å². The predicted octanol–water partition coefficient (Wildman–Crippen LogP) is 8.84. The maximum absolute atomic E-state index is 12.0. The number of halogens is 9. The lowest BCUT2D eigenvalue weighted by Gasteiger charge is -2.06. The van der Waals surface area contributed by atoms with Crippen LogP contribution in [0.4, 0.5) is 37.7 Å². The van der Waals surface area contributed by atoms with Crippen LogP contribution in [0.15, 0.2) is 61.4 Å². The Kier molecular flexibility index (Phi) is 19.8. The molecule has 0 spiro atoms. The van der Waals surface area contributed by atoms with Crippen LogP contribution in [-0.2, 0) is 14.4 Å². The van der Waals surface area contributed by atoms with E-state index in [2.05, 4.69) is 30.8 Å². The minimum absolute atomic E-state index is 0.00905. The number of rotatable bonds is 13. The molecule has 0 aliphatic carbocycles. The second kappa shape index (κ2) is 22.9. The Balaban J connectivity index is 0.000000307. The van der Waals surface area contributed by atoms with Crippen molar-refractivity contribution in [2.45, 2.75) is 45.0 Å². The van der Waals surface area contributed by atoms with Gasteiger partial charge in [0.2, 0.25) is 11.8 Å². The molecule has 284 valence electrons. The molecule has 4 aromatic heterocycles. The standard InChI is InChI=1S/C14H14ClF3N4OS.C13H13ClN4O2S.C3H4F3I/c15-13-11(9-22(21-13)10-2-1-5-19-8-10)20-12(23)3-6-24-7-4-14(16,17)18;1-9(19)21-6-4-12(20)16-11-8-18(17-13(11)14)10-3-2-5-15-7-10;4-3(5,6)1-2-7/h1-2,5,8-9H,3-4,6-7H2,(H,20,23);2-3,5,7-8H,4,6H2,1H3,(H,16,20);1-2H2. The maximum Gasteiger partial charge on any atom is 0.389 e. The van der Waals surface area contributed by atoms with Crippen LogP contribution < -0.4 is 10.6 Å². The summed E-state index contributed by atoms with van der Waals surface area (Å²) >= 11 is 15.9. The van der Waals surface area contributed by atoms with Gasteiger partial charge in [0.25, 0.3) is 0 Å². The molecule has 2 amide bonds. The van der Waals surface area contributed by atoms with Gasteiger partial charge in [-0.1, -0.05) is 57.6 Å². The van der Waals surface area contributed by atoms with Gasteiger partial charge in [-0.25, -0.2) is 9.36 Å². The van der Waals surface area contributed by atoms with Gasteiger partial charge in [0.15, 0.2) is 15.4 Å². The Morgan fingerprint density at radius 1 is 0.769 bits per heavy atom. The molecule has 22 heteroatoms. The summed E-state index contributed by atoms with van der Waals surface area (Å²) in [6.07, 6.45) is 0.350. The first-order chi connectivity index (χ1) is 24.5. The van der Waals surface area contributed by atoms with Crippen molar-refractivity contribution in [3.8, 4) is 11.4 Å². The molecule has 11 nitrogen and oxygen atoms in total. The van der Waals surface area contributed by atoms with Crippen LogP contribution in [0.25, 0.3) is 11.4 Å². The van der Waals surface area contributed by atoms with E-state index in [1.807, 2.05) is 6.07 Å². The summed E-state index contributed by atoms with van der Waals surface area (Å²) < 4.78 is 72.3. The molecule has 0 aliphatic rings.